The Morgan fingerprint density at radius 3 is 2.52 bits per heavy atom. The lowest BCUT2D eigenvalue weighted by Gasteiger charge is -2.07. The van der Waals surface area contributed by atoms with Gasteiger partial charge < -0.3 is 9.47 Å². The SMILES string of the molecule is CN1C(=O)/C(=N\N=c2\sc3ccccc3n2C)c2ccccc21. The number of thiazole rings is 1. The number of rotatable bonds is 1. The van der Waals surface area contributed by atoms with Crippen LogP contribution >= 0.6 is 11.3 Å². The lowest BCUT2D eigenvalue weighted by molar-refractivity contribution is -0.111. The van der Waals surface area contributed by atoms with Gasteiger partial charge in [0.05, 0.1) is 15.9 Å². The van der Waals surface area contributed by atoms with Crippen molar-refractivity contribution in [2.75, 3.05) is 11.9 Å². The van der Waals surface area contributed by atoms with Gasteiger partial charge in [-0.3, -0.25) is 4.79 Å². The molecule has 0 N–H and O–H groups in total. The Labute approximate surface area is 136 Å². The van der Waals surface area contributed by atoms with Crippen molar-refractivity contribution >= 4 is 38.9 Å². The maximum atomic E-state index is 12.4. The Morgan fingerprint density at radius 2 is 1.70 bits per heavy atom. The highest BCUT2D eigenvalue weighted by molar-refractivity contribution is 7.16. The van der Waals surface area contributed by atoms with Gasteiger partial charge in [-0.05, 0) is 18.2 Å². The summed E-state index contributed by atoms with van der Waals surface area (Å²) in [4.78, 5) is 14.7. The molecule has 23 heavy (non-hydrogen) atoms. The summed E-state index contributed by atoms with van der Waals surface area (Å²) < 4.78 is 3.13. The van der Waals surface area contributed by atoms with Gasteiger partial charge in [-0.25, -0.2) is 0 Å². The number of aryl methyl sites for hydroxylation is 1. The number of nitrogens with zero attached hydrogens (tertiary/aromatic N) is 4. The zero-order chi connectivity index (χ0) is 16.0. The fraction of sp³-hybridized carbons (Fsp3) is 0.118. The smallest absolute Gasteiger partial charge is 0.279 e. The fourth-order valence-corrected chi connectivity index (χ4v) is 3.69. The van der Waals surface area contributed by atoms with E-state index in [1.54, 1.807) is 23.3 Å². The molecule has 5 nitrogen and oxygen atoms in total. The maximum absolute atomic E-state index is 12.4. The molecule has 3 aromatic rings. The number of anilines is 1. The van der Waals surface area contributed by atoms with Crippen LogP contribution in [-0.4, -0.2) is 23.2 Å². The third-order valence-electron chi connectivity index (χ3n) is 3.98. The first-order valence-electron chi connectivity index (χ1n) is 7.20. The molecule has 0 saturated carbocycles. The number of likely N-dealkylation sites (N-methyl/N-ethyl adjacent to an activating group) is 1. The van der Waals surface area contributed by atoms with Crippen molar-refractivity contribution in [1.82, 2.24) is 4.57 Å². The predicted octanol–water partition coefficient (Wildman–Crippen LogP) is 2.52. The highest BCUT2D eigenvalue weighted by Crippen LogP contribution is 2.27. The molecule has 1 amide bonds. The number of amides is 1. The summed E-state index contributed by atoms with van der Waals surface area (Å²) >= 11 is 1.55. The summed E-state index contributed by atoms with van der Waals surface area (Å²) in [6, 6.07) is 15.7. The van der Waals surface area contributed by atoms with Crippen molar-refractivity contribution < 1.29 is 4.79 Å². The molecule has 4 rings (SSSR count). The van der Waals surface area contributed by atoms with E-state index in [2.05, 4.69) is 16.3 Å². The summed E-state index contributed by atoms with van der Waals surface area (Å²) in [6.45, 7) is 0. The van der Waals surface area contributed by atoms with E-state index in [1.807, 2.05) is 54.1 Å². The van der Waals surface area contributed by atoms with E-state index in [0.29, 0.717) is 5.71 Å². The molecule has 0 aliphatic carbocycles. The van der Waals surface area contributed by atoms with Gasteiger partial charge >= 0.3 is 0 Å². The molecule has 1 aliphatic rings. The zero-order valence-corrected chi connectivity index (χ0v) is 13.5. The molecule has 1 aliphatic heterocycles. The zero-order valence-electron chi connectivity index (χ0n) is 12.7. The number of carbonyl (C=O) groups is 1. The standard InChI is InChI=1S/C17H14N4OS/c1-20-12-8-4-3-7-11(12)15(16(20)22)18-19-17-21(2)13-9-5-6-10-14(13)23-17/h3-10H,1-2H3/b18-15-,19-17+. The quantitative estimate of drug-likeness (QED) is 0.635. The van der Waals surface area contributed by atoms with Crippen molar-refractivity contribution in [2.24, 2.45) is 17.3 Å². The molecular formula is C17H14N4OS. The molecule has 0 fully saturated rings. The lowest BCUT2D eigenvalue weighted by atomic mass is 10.1. The Bertz CT molecular complexity index is 1030. The minimum atomic E-state index is -0.126. The second-order valence-electron chi connectivity index (χ2n) is 5.34. The molecule has 0 spiro atoms. The van der Waals surface area contributed by atoms with Crippen LogP contribution in [0.2, 0.25) is 0 Å². The predicted molar refractivity (Wildman–Crippen MR) is 92.7 cm³/mol. The normalized spacial score (nSPS) is 16.6. The number of benzene rings is 2. The van der Waals surface area contributed by atoms with Crippen LogP contribution in [0.4, 0.5) is 5.69 Å². The molecule has 1 aromatic heterocycles. The lowest BCUT2D eigenvalue weighted by Crippen LogP contribution is -2.25. The molecule has 0 saturated heterocycles. The fourth-order valence-electron chi connectivity index (χ4n) is 2.72. The van der Waals surface area contributed by atoms with E-state index in [4.69, 9.17) is 0 Å². The van der Waals surface area contributed by atoms with Crippen LogP contribution < -0.4 is 9.70 Å². The highest BCUT2D eigenvalue weighted by Gasteiger charge is 2.31. The molecule has 0 unspecified atom stereocenters. The molecule has 0 atom stereocenters. The van der Waals surface area contributed by atoms with Crippen molar-refractivity contribution in [1.29, 1.82) is 0 Å². The first-order valence-corrected chi connectivity index (χ1v) is 8.02. The van der Waals surface area contributed by atoms with Crippen LogP contribution in [-0.2, 0) is 11.8 Å². The number of carbonyl (C=O) groups excluding carboxylic acids is 1. The van der Waals surface area contributed by atoms with Gasteiger partial charge in [0.2, 0.25) is 4.80 Å². The van der Waals surface area contributed by atoms with E-state index in [-0.39, 0.29) is 5.91 Å². The van der Waals surface area contributed by atoms with Crippen molar-refractivity contribution in [3.63, 3.8) is 0 Å². The van der Waals surface area contributed by atoms with Gasteiger partial charge in [-0.1, -0.05) is 41.7 Å². The van der Waals surface area contributed by atoms with Crippen LogP contribution in [0, 0.1) is 0 Å². The van der Waals surface area contributed by atoms with E-state index in [0.717, 1.165) is 26.3 Å². The Balaban J connectivity index is 1.87. The third-order valence-corrected chi connectivity index (χ3v) is 5.08. The van der Waals surface area contributed by atoms with E-state index < -0.39 is 0 Å². The highest BCUT2D eigenvalue weighted by atomic mass is 32.1. The number of hydrogen-bond acceptors (Lipinski definition) is 4. The van der Waals surface area contributed by atoms with Crippen LogP contribution in [0.15, 0.2) is 58.7 Å². The second kappa shape index (κ2) is 5.17. The summed E-state index contributed by atoms with van der Waals surface area (Å²) in [5, 5.41) is 8.59. The van der Waals surface area contributed by atoms with E-state index >= 15 is 0 Å². The van der Waals surface area contributed by atoms with Gasteiger partial charge in [0.15, 0.2) is 5.71 Å². The Hall–Kier alpha value is -2.73. The van der Waals surface area contributed by atoms with Crippen molar-refractivity contribution in [3.05, 3.63) is 58.9 Å². The Kier molecular flexibility index (Phi) is 3.12. The second-order valence-corrected chi connectivity index (χ2v) is 6.35. The summed E-state index contributed by atoms with van der Waals surface area (Å²) in [5.74, 6) is -0.126. The van der Waals surface area contributed by atoms with E-state index in [9.17, 15) is 4.79 Å². The number of aromatic nitrogens is 1. The molecule has 2 aromatic carbocycles. The molecule has 0 radical (unpaired) electrons. The van der Waals surface area contributed by atoms with E-state index in [1.165, 1.54) is 0 Å². The summed E-state index contributed by atoms with van der Waals surface area (Å²) in [6.07, 6.45) is 0. The molecule has 114 valence electrons. The minimum Gasteiger partial charge on any atom is -0.318 e. The van der Waals surface area contributed by atoms with Crippen LogP contribution in [0.3, 0.4) is 0 Å². The average molecular weight is 322 g/mol. The molecular weight excluding hydrogens is 308 g/mol. The van der Waals surface area contributed by atoms with Gasteiger partial charge in [-0.2, -0.15) is 0 Å². The van der Waals surface area contributed by atoms with Gasteiger partial charge in [0.1, 0.15) is 0 Å². The first kappa shape index (κ1) is 13.9. The average Bonchev–Trinajstić information content (AvgIpc) is 3.02. The molecule has 6 heteroatoms. The van der Waals surface area contributed by atoms with Crippen molar-refractivity contribution in [2.45, 2.75) is 0 Å². The van der Waals surface area contributed by atoms with Crippen molar-refractivity contribution in [3.8, 4) is 0 Å². The van der Waals surface area contributed by atoms with Gasteiger partial charge in [0.25, 0.3) is 5.91 Å². The summed E-state index contributed by atoms with van der Waals surface area (Å²) in [7, 11) is 3.71. The van der Waals surface area contributed by atoms with Crippen LogP contribution in [0.25, 0.3) is 10.2 Å². The number of fused-ring (bicyclic) bond motifs is 2. The number of hydrogen-bond donors (Lipinski definition) is 0. The van der Waals surface area contributed by atoms with Crippen LogP contribution in [0.5, 0.6) is 0 Å². The third kappa shape index (κ3) is 2.10. The monoisotopic (exact) mass is 322 g/mol. The van der Waals surface area contributed by atoms with Gasteiger partial charge in [-0.15, -0.1) is 10.2 Å². The molecule has 2 heterocycles. The van der Waals surface area contributed by atoms with Gasteiger partial charge in [0, 0.05) is 19.7 Å². The minimum absolute atomic E-state index is 0.126. The first-order chi connectivity index (χ1) is 11.2. The Morgan fingerprint density at radius 1 is 0.957 bits per heavy atom. The molecule has 0 bridgehead atoms. The largest absolute Gasteiger partial charge is 0.318 e. The van der Waals surface area contributed by atoms with Crippen LogP contribution in [0.1, 0.15) is 5.56 Å². The summed E-state index contributed by atoms with van der Waals surface area (Å²) in [5.41, 5.74) is 3.19. The topological polar surface area (TPSA) is 50.0 Å². The maximum Gasteiger partial charge on any atom is 0.279 e. The number of para-hydroxylation sites is 2.